The van der Waals surface area contributed by atoms with E-state index < -0.39 is 0 Å². The van der Waals surface area contributed by atoms with Crippen molar-refractivity contribution in [3.05, 3.63) is 17.4 Å². The third-order valence-corrected chi connectivity index (χ3v) is 2.82. The lowest BCUT2D eigenvalue weighted by atomic mass is 10.4. The largest absolute Gasteiger partial charge is 0.348 e. The van der Waals surface area contributed by atoms with Crippen LogP contribution in [0.5, 0.6) is 0 Å². The first-order chi connectivity index (χ1) is 6.83. The van der Waals surface area contributed by atoms with Crippen molar-refractivity contribution in [2.75, 3.05) is 0 Å². The first-order valence-electron chi connectivity index (χ1n) is 4.43. The second-order valence-electron chi connectivity index (χ2n) is 3.34. The summed E-state index contributed by atoms with van der Waals surface area (Å²) in [5.74, 6) is -0.0924. The Bertz CT molecular complexity index is 456. The van der Waals surface area contributed by atoms with Gasteiger partial charge in [0.05, 0.1) is 6.20 Å². The minimum absolute atomic E-state index is 0.0924. The number of fused-ring (bicyclic) bond motifs is 1. The number of imidazole rings is 1. The van der Waals surface area contributed by atoms with Crippen molar-refractivity contribution in [3.8, 4) is 0 Å². The number of rotatable bonds is 2. The molecule has 6 heteroatoms. The lowest BCUT2D eigenvalue weighted by Crippen LogP contribution is -2.25. The second-order valence-corrected chi connectivity index (χ2v) is 4.15. The van der Waals surface area contributed by atoms with Crippen molar-refractivity contribution in [1.29, 1.82) is 0 Å². The van der Waals surface area contributed by atoms with Crippen molar-refractivity contribution in [1.82, 2.24) is 19.9 Å². The Hall–Kier alpha value is -1.43. The molecule has 0 saturated heterocycles. The smallest absolute Gasteiger partial charge is 0.271 e. The Labute approximate surface area is 83.8 Å². The molecule has 1 fully saturated rings. The Morgan fingerprint density at radius 1 is 1.64 bits per heavy atom. The Morgan fingerprint density at radius 3 is 3.21 bits per heavy atom. The maximum Gasteiger partial charge on any atom is 0.271 e. The molecule has 0 spiro atoms. The van der Waals surface area contributed by atoms with E-state index in [1.165, 1.54) is 11.3 Å². The van der Waals surface area contributed by atoms with Crippen molar-refractivity contribution >= 4 is 22.2 Å². The van der Waals surface area contributed by atoms with Gasteiger partial charge >= 0.3 is 0 Å². The van der Waals surface area contributed by atoms with Crippen LogP contribution in [0.15, 0.2) is 11.7 Å². The fraction of sp³-hybridized carbons (Fsp3) is 0.375. The molecule has 2 heterocycles. The van der Waals surface area contributed by atoms with Crippen molar-refractivity contribution < 1.29 is 4.79 Å². The summed E-state index contributed by atoms with van der Waals surface area (Å²) < 4.78 is 1.62. The van der Waals surface area contributed by atoms with Crippen molar-refractivity contribution in [2.24, 2.45) is 0 Å². The average molecular weight is 208 g/mol. The third kappa shape index (κ3) is 1.27. The molecule has 1 aliphatic carbocycles. The van der Waals surface area contributed by atoms with E-state index in [0.717, 1.165) is 17.8 Å². The van der Waals surface area contributed by atoms with E-state index in [1.54, 1.807) is 16.2 Å². The van der Waals surface area contributed by atoms with Gasteiger partial charge in [-0.1, -0.05) is 11.3 Å². The predicted molar refractivity (Wildman–Crippen MR) is 51.4 cm³/mol. The molecule has 2 aromatic rings. The molecule has 1 aliphatic rings. The summed E-state index contributed by atoms with van der Waals surface area (Å²) in [6.45, 7) is 0. The summed E-state index contributed by atoms with van der Waals surface area (Å²) in [7, 11) is 0. The number of amides is 1. The number of nitrogens with zero attached hydrogens (tertiary/aromatic N) is 3. The molecular weight excluding hydrogens is 200 g/mol. The molecule has 72 valence electrons. The summed E-state index contributed by atoms with van der Waals surface area (Å²) in [4.78, 5) is 16.5. The molecule has 14 heavy (non-hydrogen) atoms. The highest BCUT2D eigenvalue weighted by Gasteiger charge is 2.24. The molecule has 1 N–H and O–H groups in total. The highest BCUT2D eigenvalue weighted by atomic mass is 32.1. The Morgan fingerprint density at radius 2 is 2.50 bits per heavy atom. The Kier molecular flexibility index (Phi) is 1.57. The van der Waals surface area contributed by atoms with Crippen LogP contribution in [0.2, 0.25) is 0 Å². The highest BCUT2D eigenvalue weighted by molar-refractivity contribution is 7.14. The zero-order chi connectivity index (χ0) is 9.54. The molecule has 0 bridgehead atoms. The van der Waals surface area contributed by atoms with Gasteiger partial charge in [-0.05, 0) is 12.8 Å². The van der Waals surface area contributed by atoms with E-state index in [2.05, 4.69) is 15.4 Å². The molecule has 2 aromatic heterocycles. The topological polar surface area (TPSA) is 59.3 Å². The Balaban J connectivity index is 1.88. The van der Waals surface area contributed by atoms with Crippen molar-refractivity contribution in [3.63, 3.8) is 0 Å². The highest BCUT2D eigenvalue weighted by Crippen LogP contribution is 2.19. The van der Waals surface area contributed by atoms with Gasteiger partial charge < -0.3 is 5.32 Å². The average Bonchev–Trinajstić information content (AvgIpc) is 2.73. The van der Waals surface area contributed by atoms with Gasteiger partial charge in [-0.3, -0.25) is 4.79 Å². The number of aromatic nitrogens is 3. The maximum atomic E-state index is 11.6. The first kappa shape index (κ1) is 7.93. The van der Waals surface area contributed by atoms with Crippen LogP contribution in [0.3, 0.4) is 0 Å². The molecule has 0 unspecified atom stereocenters. The molecule has 3 rings (SSSR count). The minimum atomic E-state index is -0.0924. The molecular formula is C8H8N4OS. The predicted octanol–water partition coefficient (Wildman–Crippen LogP) is 0.683. The molecule has 0 aromatic carbocycles. The fourth-order valence-electron chi connectivity index (χ4n) is 1.24. The summed E-state index contributed by atoms with van der Waals surface area (Å²) >= 11 is 1.42. The summed E-state index contributed by atoms with van der Waals surface area (Å²) in [5.41, 5.74) is 2.15. The number of hydrogen-bond acceptors (Lipinski definition) is 4. The monoisotopic (exact) mass is 208 g/mol. The molecule has 1 saturated carbocycles. The van der Waals surface area contributed by atoms with Crippen LogP contribution >= 0.6 is 11.3 Å². The number of carbonyl (C=O) groups is 1. The van der Waals surface area contributed by atoms with Gasteiger partial charge in [0, 0.05) is 6.04 Å². The summed E-state index contributed by atoms with van der Waals surface area (Å²) in [5, 5.41) is 6.89. The second kappa shape index (κ2) is 2.78. The van der Waals surface area contributed by atoms with Gasteiger partial charge in [-0.25, -0.2) is 9.50 Å². The van der Waals surface area contributed by atoms with E-state index in [1.807, 2.05) is 0 Å². The molecule has 1 amide bonds. The van der Waals surface area contributed by atoms with Gasteiger partial charge in [0.15, 0.2) is 0 Å². The fourth-order valence-corrected chi connectivity index (χ4v) is 1.84. The number of hydrogen-bond donors (Lipinski definition) is 1. The SMILES string of the molecule is O=C(NC1CC1)c1cn2ncsc2n1. The molecule has 0 aliphatic heterocycles. The number of nitrogens with one attached hydrogen (secondary N) is 1. The van der Waals surface area contributed by atoms with Crippen LogP contribution in [-0.4, -0.2) is 26.5 Å². The zero-order valence-electron chi connectivity index (χ0n) is 7.30. The quantitative estimate of drug-likeness (QED) is 0.789. The standard InChI is InChI=1S/C8H8N4OS/c13-7(10-5-1-2-5)6-3-12-8(11-6)14-4-9-12/h3-5H,1-2H2,(H,10,13). The maximum absolute atomic E-state index is 11.6. The number of carbonyl (C=O) groups excluding carboxylic acids is 1. The molecule has 5 nitrogen and oxygen atoms in total. The summed E-state index contributed by atoms with van der Waals surface area (Å²) in [6, 6.07) is 0.371. The van der Waals surface area contributed by atoms with Gasteiger partial charge in [0.2, 0.25) is 4.96 Å². The third-order valence-electron chi connectivity index (χ3n) is 2.13. The molecule has 0 atom stereocenters. The first-order valence-corrected chi connectivity index (χ1v) is 5.30. The van der Waals surface area contributed by atoms with Crippen LogP contribution in [-0.2, 0) is 0 Å². The van der Waals surface area contributed by atoms with E-state index >= 15 is 0 Å². The lowest BCUT2D eigenvalue weighted by Gasteiger charge is -1.97. The molecule has 0 radical (unpaired) electrons. The van der Waals surface area contributed by atoms with Crippen LogP contribution in [0.25, 0.3) is 4.96 Å². The van der Waals surface area contributed by atoms with Crippen LogP contribution < -0.4 is 5.32 Å². The van der Waals surface area contributed by atoms with Gasteiger partial charge in [0.1, 0.15) is 11.2 Å². The summed E-state index contributed by atoms with van der Waals surface area (Å²) in [6.07, 6.45) is 3.84. The zero-order valence-corrected chi connectivity index (χ0v) is 8.12. The van der Waals surface area contributed by atoms with E-state index in [-0.39, 0.29) is 5.91 Å². The van der Waals surface area contributed by atoms with E-state index in [0.29, 0.717) is 11.7 Å². The van der Waals surface area contributed by atoms with Crippen LogP contribution in [0, 0.1) is 0 Å². The lowest BCUT2D eigenvalue weighted by molar-refractivity contribution is 0.0946. The van der Waals surface area contributed by atoms with Crippen molar-refractivity contribution in [2.45, 2.75) is 18.9 Å². The van der Waals surface area contributed by atoms with E-state index in [4.69, 9.17) is 0 Å². The van der Waals surface area contributed by atoms with Gasteiger partial charge in [0.25, 0.3) is 5.91 Å². The van der Waals surface area contributed by atoms with E-state index in [9.17, 15) is 4.79 Å². The van der Waals surface area contributed by atoms with Crippen LogP contribution in [0.4, 0.5) is 0 Å². The minimum Gasteiger partial charge on any atom is -0.348 e. The normalized spacial score (nSPS) is 16.0. The van der Waals surface area contributed by atoms with Gasteiger partial charge in [-0.15, -0.1) is 0 Å². The van der Waals surface area contributed by atoms with Gasteiger partial charge in [-0.2, -0.15) is 5.10 Å². The van der Waals surface area contributed by atoms with Crippen LogP contribution in [0.1, 0.15) is 23.3 Å².